The van der Waals surface area contributed by atoms with Gasteiger partial charge in [-0.15, -0.1) is 0 Å². The number of benzene rings is 1. The highest BCUT2D eigenvalue weighted by Crippen LogP contribution is 2.19. The van der Waals surface area contributed by atoms with Crippen LogP contribution < -0.4 is 10.9 Å². The van der Waals surface area contributed by atoms with Crippen LogP contribution in [0, 0.1) is 0 Å². The summed E-state index contributed by atoms with van der Waals surface area (Å²) in [5, 5.41) is 0. The molecule has 0 aliphatic rings. The molecule has 5 nitrogen and oxygen atoms in total. The maximum absolute atomic E-state index is 11.6. The van der Waals surface area contributed by atoms with E-state index in [9.17, 15) is 4.79 Å². The summed E-state index contributed by atoms with van der Waals surface area (Å²) in [6.07, 6.45) is 1.65. The van der Waals surface area contributed by atoms with E-state index in [4.69, 9.17) is 0 Å². The predicted octanol–water partition coefficient (Wildman–Crippen LogP) is 0.917. The van der Waals surface area contributed by atoms with Gasteiger partial charge in [0, 0.05) is 7.05 Å². The molecule has 0 bridgehead atoms. The number of aromatic nitrogens is 2. The Labute approximate surface area is 93.2 Å². The monoisotopic (exact) mass is 218 g/mol. The van der Waals surface area contributed by atoms with Crippen LogP contribution >= 0.6 is 0 Å². The van der Waals surface area contributed by atoms with Gasteiger partial charge >= 0.3 is 0 Å². The number of rotatable bonds is 3. The molecule has 0 saturated heterocycles. The Balaban J connectivity index is 2.28. The van der Waals surface area contributed by atoms with E-state index in [1.165, 1.54) is 0 Å². The van der Waals surface area contributed by atoms with Gasteiger partial charge in [-0.2, -0.15) is 0 Å². The van der Waals surface area contributed by atoms with Crippen LogP contribution in [0.3, 0.4) is 0 Å². The molecule has 2 aromatic rings. The second-order valence-corrected chi connectivity index (χ2v) is 3.64. The minimum absolute atomic E-state index is 0.0543. The van der Waals surface area contributed by atoms with Crippen molar-refractivity contribution in [3.8, 4) is 0 Å². The van der Waals surface area contributed by atoms with Crippen molar-refractivity contribution < 1.29 is 4.79 Å². The molecule has 0 aliphatic carbocycles. The van der Waals surface area contributed by atoms with Crippen LogP contribution in [-0.2, 0) is 4.79 Å². The number of nitrogens with zero attached hydrogens (tertiary/aromatic N) is 1. The molecular formula is C11H14N4O. The fraction of sp³-hybridized carbons (Fsp3) is 0.273. The van der Waals surface area contributed by atoms with Crippen molar-refractivity contribution in [1.82, 2.24) is 20.8 Å². The van der Waals surface area contributed by atoms with E-state index in [1.807, 2.05) is 25.1 Å². The number of hydrogen-bond acceptors (Lipinski definition) is 3. The van der Waals surface area contributed by atoms with Crippen LogP contribution in [0.2, 0.25) is 0 Å². The molecule has 1 heterocycles. The number of fused-ring (bicyclic) bond motifs is 1. The third kappa shape index (κ3) is 1.90. The van der Waals surface area contributed by atoms with Crippen molar-refractivity contribution in [2.75, 3.05) is 7.05 Å². The van der Waals surface area contributed by atoms with Gasteiger partial charge in [0.1, 0.15) is 0 Å². The van der Waals surface area contributed by atoms with E-state index in [0.717, 1.165) is 16.6 Å². The molecule has 0 radical (unpaired) electrons. The van der Waals surface area contributed by atoms with Crippen LogP contribution in [0.1, 0.15) is 18.4 Å². The Morgan fingerprint density at radius 3 is 3.06 bits per heavy atom. The molecule has 3 N–H and O–H groups in total. The maximum Gasteiger partial charge on any atom is 0.241 e. The highest BCUT2D eigenvalue weighted by atomic mass is 16.2. The first kappa shape index (κ1) is 10.6. The third-order valence-electron chi connectivity index (χ3n) is 2.59. The lowest BCUT2D eigenvalue weighted by Gasteiger charge is -2.11. The van der Waals surface area contributed by atoms with Crippen LogP contribution in [0.25, 0.3) is 11.0 Å². The Hall–Kier alpha value is -1.88. The zero-order valence-electron chi connectivity index (χ0n) is 9.24. The van der Waals surface area contributed by atoms with E-state index in [1.54, 1.807) is 13.4 Å². The molecule has 1 unspecified atom stereocenters. The standard InChI is InChI=1S/C11H14N4O/c1-7(11(16)15-12-2)8-3-4-9-10(5-8)14-6-13-9/h3-7,12H,1-2H3,(H,13,14)(H,15,16). The average Bonchev–Trinajstić information content (AvgIpc) is 2.75. The van der Waals surface area contributed by atoms with Crippen molar-refractivity contribution >= 4 is 16.9 Å². The topological polar surface area (TPSA) is 69.8 Å². The summed E-state index contributed by atoms with van der Waals surface area (Å²) in [7, 11) is 1.67. The molecule has 84 valence electrons. The number of amides is 1. The summed E-state index contributed by atoms with van der Waals surface area (Å²) in [4.78, 5) is 18.8. The molecule has 2 rings (SSSR count). The molecule has 1 aromatic carbocycles. The van der Waals surface area contributed by atoms with Gasteiger partial charge in [-0.3, -0.25) is 10.2 Å². The Kier molecular flexibility index (Phi) is 2.87. The zero-order chi connectivity index (χ0) is 11.5. The normalized spacial score (nSPS) is 12.6. The Morgan fingerprint density at radius 2 is 2.31 bits per heavy atom. The van der Waals surface area contributed by atoms with E-state index < -0.39 is 0 Å². The quantitative estimate of drug-likeness (QED) is 0.671. The second-order valence-electron chi connectivity index (χ2n) is 3.64. The number of imidazole rings is 1. The lowest BCUT2D eigenvalue weighted by atomic mass is 10.0. The predicted molar refractivity (Wildman–Crippen MR) is 61.7 cm³/mol. The van der Waals surface area contributed by atoms with Crippen molar-refractivity contribution in [3.63, 3.8) is 0 Å². The van der Waals surface area contributed by atoms with Crippen LogP contribution in [0.15, 0.2) is 24.5 Å². The molecular weight excluding hydrogens is 204 g/mol. The first-order valence-corrected chi connectivity index (χ1v) is 5.12. The number of H-pyrrole nitrogens is 1. The molecule has 5 heteroatoms. The van der Waals surface area contributed by atoms with Gasteiger partial charge in [0.05, 0.1) is 23.3 Å². The maximum atomic E-state index is 11.6. The number of carbonyl (C=O) groups excluding carboxylic acids is 1. The van der Waals surface area contributed by atoms with Gasteiger partial charge in [-0.05, 0) is 24.6 Å². The molecule has 1 amide bonds. The summed E-state index contributed by atoms with van der Waals surface area (Å²) < 4.78 is 0. The summed E-state index contributed by atoms with van der Waals surface area (Å²) in [6, 6.07) is 5.77. The first-order chi connectivity index (χ1) is 7.72. The zero-order valence-corrected chi connectivity index (χ0v) is 9.24. The summed E-state index contributed by atoms with van der Waals surface area (Å²) in [6.45, 7) is 1.87. The van der Waals surface area contributed by atoms with Crippen LogP contribution in [-0.4, -0.2) is 22.9 Å². The van der Waals surface area contributed by atoms with Gasteiger partial charge in [0.25, 0.3) is 0 Å². The molecule has 16 heavy (non-hydrogen) atoms. The largest absolute Gasteiger partial charge is 0.345 e. The van der Waals surface area contributed by atoms with Gasteiger partial charge in [0.2, 0.25) is 5.91 Å². The molecule has 0 aliphatic heterocycles. The van der Waals surface area contributed by atoms with Gasteiger partial charge < -0.3 is 4.98 Å². The van der Waals surface area contributed by atoms with E-state index >= 15 is 0 Å². The Morgan fingerprint density at radius 1 is 1.50 bits per heavy atom. The van der Waals surface area contributed by atoms with Crippen molar-refractivity contribution in [2.24, 2.45) is 0 Å². The van der Waals surface area contributed by atoms with Crippen LogP contribution in [0.4, 0.5) is 0 Å². The second kappa shape index (κ2) is 4.32. The lowest BCUT2D eigenvalue weighted by Crippen LogP contribution is -2.37. The third-order valence-corrected chi connectivity index (χ3v) is 2.59. The molecule has 1 aromatic heterocycles. The van der Waals surface area contributed by atoms with Crippen molar-refractivity contribution in [3.05, 3.63) is 30.1 Å². The summed E-state index contributed by atoms with van der Waals surface area (Å²) in [5.41, 5.74) is 8.02. The number of hydrazine groups is 1. The van der Waals surface area contributed by atoms with Gasteiger partial charge in [-0.1, -0.05) is 6.07 Å². The fourth-order valence-corrected chi connectivity index (χ4v) is 1.61. The SMILES string of the molecule is CNNC(=O)C(C)c1ccc2nc[nH]c2c1. The first-order valence-electron chi connectivity index (χ1n) is 5.12. The van der Waals surface area contributed by atoms with E-state index in [-0.39, 0.29) is 11.8 Å². The highest BCUT2D eigenvalue weighted by molar-refractivity contribution is 5.84. The summed E-state index contributed by atoms with van der Waals surface area (Å²) >= 11 is 0. The average molecular weight is 218 g/mol. The smallest absolute Gasteiger partial charge is 0.241 e. The molecule has 0 fully saturated rings. The molecule has 1 atom stereocenters. The van der Waals surface area contributed by atoms with Crippen molar-refractivity contribution in [1.29, 1.82) is 0 Å². The lowest BCUT2D eigenvalue weighted by molar-refractivity contribution is -0.123. The van der Waals surface area contributed by atoms with Gasteiger partial charge in [-0.25, -0.2) is 10.4 Å². The van der Waals surface area contributed by atoms with Gasteiger partial charge in [0.15, 0.2) is 0 Å². The number of nitrogens with one attached hydrogen (secondary N) is 3. The minimum atomic E-state index is -0.194. The Bertz CT molecular complexity index is 505. The van der Waals surface area contributed by atoms with Crippen LogP contribution in [0.5, 0.6) is 0 Å². The van der Waals surface area contributed by atoms with Crippen molar-refractivity contribution in [2.45, 2.75) is 12.8 Å². The number of carbonyl (C=O) groups is 1. The fourth-order valence-electron chi connectivity index (χ4n) is 1.61. The summed E-state index contributed by atoms with van der Waals surface area (Å²) in [5.74, 6) is -0.249. The highest BCUT2D eigenvalue weighted by Gasteiger charge is 2.14. The van der Waals surface area contributed by atoms with E-state index in [0.29, 0.717) is 0 Å². The number of hydrogen-bond donors (Lipinski definition) is 3. The molecule has 0 saturated carbocycles. The number of aromatic amines is 1. The minimum Gasteiger partial charge on any atom is -0.345 e. The molecule has 0 spiro atoms. The van der Waals surface area contributed by atoms with E-state index in [2.05, 4.69) is 20.8 Å².